The average Bonchev–Trinajstić information content (AvgIpc) is 3.17. The van der Waals surface area contributed by atoms with Crippen molar-refractivity contribution in [1.29, 1.82) is 0 Å². The molecule has 5 fully saturated rings. The maximum absolute atomic E-state index is 12.2. The molecule has 2 aliphatic carbocycles. The fourth-order valence-electron chi connectivity index (χ4n) is 10.0. The summed E-state index contributed by atoms with van der Waals surface area (Å²) in [5.41, 5.74) is 3.28. The molecule has 4 aliphatic heterocycles. The molecule has 5 atom stereocenters. The zero-order chi connectivity index (χ0) is 28.8. The smallest absolute Gasteiger partial charge is 0.323 e. The van der Waals surface area contributed by atoms with Crippen LogP contribution in [0.15, 0.2) is 35.7 Å². The van der Waals surface area contributed by atoms with Gasteiger partial charge in [0.25, 0.3) is 0 Å². The van der Waals surface area contributed by atoms with Crippen LogP contribution >= 0.6 is 0 Å². The summed E-state index contributed by atoms with van der Waals surface area (Å²) in [5.74, 6) is 1.21. The van der Waals surface area contributed by atoms with Crippen molar-refractivity contribution in [3.05, 3.63) is 35.7 Å². The summed E-state index contributed by atoms with van der Waals surface area (Å²) in [6, 6.07) is 10.6. The molecule has 6 aliphatic rings. The second kappa shape index (κ2) is 11.8. The number of carboxylic acids is 2. The van der Waals surface area contributed by atoms with E-state index in [4.69, 9.17) is 0 Å². The van der Waals surface area contributed by atoms with Gasteiger partial charge >= 0.3 is 11.9 Å². The van der Waals surface area contributed by atoms with Crippen LogP contribution in [0, 0.1) is 11.8 Å². The van der Waals surface area contributed by atoms with Gasteiger partial charge in [-0.2, -0.15) is 0 Å². The summed E-state index contributed by atoms with van der Waals surface area (Å²) in [6.07, 6.45) is 17.8. The van der Waals surface area contributed by atoms with Crippen molar-refractivity contribution in [2.24, 2.45) is 11.8 Å². The van der Waals surface area contributed by atoms with Gasteiger partial charge < -0.3 is 20.0 Å². The molecule has 4 heterocycles. The van der Waals surface area contributed by atoms with Crippen LogP contribution in [0.3, 0.4) is 0 Å². The summed E-state index contributed by atoms with van der Waals surface area (Å²) < 4.78 is 0. The molecule has 0 aromatic heterocycles. The SMILES string of the molecule is O=C(O)CN1CCC/C(=C2/N(CC(=O)O)c3ccccc3N2[C@H]2C[C@H]3CCC[C@@H](C2)N3C2C[C@@H]3CCCC[C@@H](C2)C3)C1. The molecule has 0 spiro atoms. The Bertz CT molecular complexity index is 1190. The van der Waals surface area contributed by atoms with Gasteiger partial charge in [-0.15, -0.1) is 0 Å². The van der Waals surface area contributed by atoms with Gasteiger partial charge in [-0.1, -0.05) is 44.2 Å². The van der Waals surface area contributed by atoms with Crippen LogP contribution in [0.4, 0.5) is 11.4 Å². The molecule has 8 nitrogen and oxygen atoms in total. The molecule has 2 N–H and O–H groups in total. The zero-order valence-electron chi connectivity index (χ0n) is 25.0. The van der Waals surface area contributed by atoms with E-state index in [1.165, 1.54) is 69.8 Å². The van der Waals surface area contributed by atoms with E-state index in [2.05, 4.69) is 28.0 Å². The standard InChI is InChI=1S/C34H48N4O4/c39-32(40)21-35-14-6-9-25(20-35)34-36(22-33(41)42)30-12-3-4-13-31(30)38(34)29-18-26-10-5-11-27(19-29)37(26)28-16-23-7-1-2-8-24(15-23)17-28/h3-4,12-13,23-24,26-29H,1-2,5-11,14-22H2,(H,39,40)(H,41,42)/b34-25+/t23-,24-,26-,27+,29+/m1/s1. The van der Waals surface area contributed by atoms with Crippen molar-refractivity contribution in [1.82, 2.24) is 9.80 Å². The first kappa shape index (κ1) is 28.2. The van der Waals surface area contributed by atoms with Gasteiger partial charge in [0.2, 0.25) is 0 Å². The number of carbonyl (C=O) groups is 2. The van der Waals surface area contributed by atoms with E-state index < -0.39 is 11.9 Å². The van der Waals surface area contributed by atoms with Gasteiger partial charge in [0.05, 0.1) is 17.9 Å². The number of hydrogen-bond acceptors (Lipinski definition) is 6. The summed E-state index contributed by atoms with van der Waals surface area (Å²) in [7, 11) is 0. The van der Waals surface area contributed by atoms with E-state index in [9.17, 15) is 19.8 Å². The highest BCUT2D eigenvalue weighted by molar-refractivity contribution is 5.88. The second-order valence-corrected chi connectivity index (χ2v) is 14.2. The number of rotatable bonds is 6. The molecule has 0 radical (unpaired) electrons. The number of aliphatic carboxylic acids is 2. The predicted molar refractivity (Wildman–Crippen MR) is 164 cm³/mol. The lowest BCUT2D eigenvalue weighted by Gasteiger charge is -2.56. The van der Waals surface area contributed by atoms with E-state index in [-0.39, 0.29) is 13.1 Å². The van der Waals surface area contributed by atoms with Crippen LogP contribution in [-0.4, -0.2) is 82.3 Å². The number of likely N-dealkylation sites (tertiary alicyclic amines) is 1. The molecule has 0 amide bonds. The van der Waals surface area contributed by atoms with Crippen molar-refractivity contribution < 1.29 is 19.8 Å². The molecule has 0 unspecified atom stereocenters. The van der Waals surface area contributed by atoms with Crippen LogP contribution < -0.4 is 9.80 Å². The van der Waals surface area contributed by atoms with Crippen molar-refractivity contribution in [2.75, 3.05) is 36.0 Å². The van der Waals surface area contributed by atoms with Gasteiger partial charge in [0, 0.05) is 30.7 Å². The Morgan fingerprint density at radius 3 is 2.05 bits per heavy atom. The zero-order valence-corrected chi connectivity index (χ0v) is 25.0. The summed E-state index contributed by atoms with van der Waals surface area (Å²) in [4.78, 5) is 33.3. The number of piperidine rings is 3. The van der Waals surface area contributed by atoms with E-state index in [1.807, 2.05) is 15.9 Å². The van der Waals surface area contributed by atoms with Gasteiger partial charge in [-0.3, -0.25) is 19.4 Å². The van der Waals surface area contributed by atoms with E-state index in [0.717, 1.165) is 67.3 Å². The van der Waals surface area contributed by atoms with Crippen LogP contribution in [0.5, 0.6) is 0 Å². The van der Waals surface area contributed by atoms with E-state index in [1.54, 1.807) is 0 Å². The second-order valence-electron chi connectivity index (χ2n) is 14.2. The maximum atomic E-state index is 12.2. The third-order valence-corrected chi connectivity index (χ3v) is 11.4. The van der Waals surface area contributed by atoms with Crippen LogP contribution in [0.1, 0.15) is 89.9 Å². The first-order valence-corrected chi connectivity index (χ1v) is 16.8. The molecule has 3 saturated heterocycles. The Morgan fingerprint density at radius 1 is 0.714 bits per heavy atom. The highest BCUT2D eigenvalue weighted by atomic mass is 16.4. The predicted octanol–water partition coefficient (Wildman–Crippen LogP) is 5.53. The van der Waals surface area contributed by atoms with Crippen molar-refractivity contribution in [2.45, 2.75) is 114 Å². The fraction of sp³-hybridized carbons (Fsp3) is 0.706. The summed E-state index contributed by atoms with van der Waals surface area (Å²) in [6.45, 7) is 1.29. The number of anilines is 2. The Balaban J connectivity index is 1.21. The van der Waals surface area contributed by atoms with Gasteiger partial charge in [0.1, 0.15) is 12.4 Å². The molecule has 1 aromatic rings. The average molecular weight is 577 g/mol. The Kier molecular flexibility index (Phi) is 7.95. The lowest BCUT2D eigenvalue weighted by molar-refractivity contribution is -0.138. The molecule has 42 heavy (non-hydrogen) atoms. The lowest BCUT2D eigenvalue weighted by Crippen LogP contribution is -2.61. The first-order valence-electron chi connectivity index (χ1n) is 16.8. The van der Waals surface area contributed by atoms with Crippen LogP contribution in [0.25, 0.3) is 0 Å². The fourth-order valence-corrected chi connectivity index (χ4v) is 10.0. The minimum atomic E-state index is -0.839. The Labute approximate surface area is 250 Å². The van der Waals surface area contributed by atoms with E-state index in [0.29, 0.717) is 24.7 Å². The van der Waals surface area contributed by atoms with Crippen molar-refractivity contribution in [3.63, 3.8) is 0 Å². The first-order chi connectivity index (χ1) is 20.4. The lowest BCUT2D eigenvalue weighted by atomic mass is 9.73. The van der Waals surface area contributed by atoms with Crippen LogP contribution in [-0.2, 0) is 9.59 Å². The molecule has 228 valence electrons. The molecule has 8 heteroatoms. The third kappa shape index (κ3) is 5.45. The number of carboxylic acid groups (broad SMARTS) is 2. The maximum Gasteiger partial charge on any atom is 0.323 e. The number of para-hydroxylation sites is 2. The molecular formula is C34H48N4O4. The number of hydrogen-bond donors (Lipinski definition) is 2. The summed E-state index contributed by atoms with van der Waals surface area (Å²) in [5, 5.41) is 19.5. The monoisotopic (exact) mass is 576 g/mol. The molecule has 4 bridgehead atoms. The number of nitrogens with zero attached hydrogens (tertiary/aromatic N) is 4. The Hall–Kier alpha value is -2.58. The van der Waals surface area contributed by atoms with Gasteiger partial charge in [-0.25, -0.2) is 0 Å². The molecule has 1 aromatic carbocycles. The quantitative estimate of drug-likeness (QED) is 0.457. The number of fused-ring (bicyclic) bond motifs is 5. The largest absolute Gasteiger partial charge is 0.480 e. The molecular weight excluding hydrogens is 528 g/mol. The van der Waals surface area contributed by atoms with Crippen molar-refractivity contribution in [3.8, 4) is 0 Å². The van der Waals surface area contributed by atoms with Crippen molar-refractivity contribution >= 4 is 23.3 Å². The molecule has 2 saturated carbocycles. The van der Waals surface area contributed by atoms with Gasteiger partial charge in [-0.05, 0) is 93.9 Å². The minimum absolute atomic E-state index is 0.0224. The van der Waals surface area contributed by atoms with Gasteiger partial charge in [0.15, 0.2) is 0 Å². The topological polar surface area (TPSA) is 87.6 Å². The summed E-state index contributed by atoms with van der Waals surface area (Å²) >= 11 is 0. The number of benzene rings is 1. The third-order valence-electron chi connectivity index (χ3n) is 11.4. The highest BCUT2D eigenvalue weighted by Gasteiger charge is 2.48. The van der Waals surface area contributed by atoms with E-state index >= 15 is 0 Å². The Morgan fingerprint density at radius 2 is 1.38 bits per heavy atom. The molecule has 7 rings (SSSR count). The minimum Gasteiger partial charge on any atom is -0.480 e. The normalized spacial score (nSPS) is 35.5. The highest BCUT2D eigenvalue weighted by Crippen LogP contribution is 2.50. The van der Waals surface area contributed by atoms with Crippen LogP contribution in [0.2, 0.25) is 0 Å².